The van der Waals surface area contributed by atoms with E-state index >= 15 is 0 Å². The molecular weight excluding hydrogens is 330 g/mol. The van der Waals surface area contributed by atoms with Crippen LogP contribution in [-0.4, -0.2) is 9.97 Å². The van der Waals surface area contributed by atoms with Crippen LogP contribution in [0.5, 0.6) is 0 Å². The van der Waals surface area contributed by atoms with Crippen LogP contribution in [0.4, 0.5) is 11.6 Å². The summed E-state index contributed by atoms with van der Waals surface area (Å²) in [5.74, 6) is 0.410. The number of nitrogens with one attached hydrogen (secondary N) is 2. The molecule has 0 bridgehead atoms. The molecule has 104 valence electrons. The van der Waals surface area contributed by atoms with Gasteiger partial charge in [0.2, 0.25) is 5.95 Å². The molecule has 0 spiro atoms. The van der Waals surface area contributed by atoms with Crippen LogP contribution >= 0.6 is 15.9 Å². The molecule has 21 heavy (non-hydrogen) atoms. The van der Waals surface area contributed by atoms with Gasteiger partial charge in [-0.05, 0) is 28.1 Å². The highest BCUT2D eigenvalue weighted by Crippen LogP contribution is 2.24. The zero-order valence-corrected chi connectivity index (χ0v) is 12.6. The van der Waals surface area contributed by atoms with Crippen molar-refractivity contribution in [3.8, 4) is 11.3 Å². The van der Waals surface area contributed by atoms with Crippen molar-refractivity contribution in [2.24, 2.45) is 0 Å². The van der Waals surface area contributed by atoms with Crippen LogP contribution in [-0.2, 0) is 0 Å². The maximum absolute atomic E-state index is 11.8. The Labute approximate surface area is 130 Å². The van der Waals surface area contributed by atoms with Crippen molar-refractivity contribution in [2.45, 2.75) is 0 Å². The summed E-state index contributed by atoms with van der Waals surface area (Å²) in [6.07, 6.45) is 0. The third kappa shape index (κ3) is 3.20. The number of hydrogen-bond acceptors (Lipinski definition) is 3. The summed E-state index contributed by atoms with van der Waals surface area (Å²) in [5.41, 5.74) is 2.18. The monoisotopic (exact) mass is 341 g/mol. The Morgan fingerprint density at radius 1 is 1.00 bits per heavy atom. The van der Waals surface area contributed by atoms with Gasteiger partial charge in [-0.25, -0.2) is 4.98 Å². The molecule has 0 amide bonds. The van der Waals surface area contributed by atoms with Gasteiger partial charge in [0.15, 0.2) is 0 Å². The van der Waals surface area contributed by atoms with Gasteiger partial charge in [-0.2, -0.15) is 0 Å². The van der Waals surface area contributed by atoms with E-state index in [9.17, 15) is 4.79 Å². The number of H-pyrrole nitrogens is 1. The summed E-state index contributed by atoms with van der Waals surface area (Å²) in [6, 6.07) is 18.7. The van der Waals surface area contributed by atoms with Gasteiger partial charge in [-0.15, -0.1) is 0 Å². The van der Waals surface area contributed by atoms with E-state index in [0.29, 0.717) is 11.6 Å². The van der Waals surface area contributed by atoms with Gasteiger partial charge in [0.05, 0.1) is 11.4 Å². The van der Waals surface area contributed by atoms with Crippen LogP contribution in [0.15, 0.2) is 69.9 Å². The molecule has 0 saturated carbocycles. The topological polar surface area (TPSA) is 57.8 Å². The number of anilines is 2. The summed E-state index contributed by atoms with van der Waals surface area (Å²) in [5, 5.41) is 3.11. The molecule has 1 heterocycles. The van der Waals surface area contributed by atoms with Gasteiger partial charge in [0.1, 0.15) is 0 Å². The van der Waals surface area contributed by atoms with Gasteiger partial charge >= 0.3 is 0 Å². The molecule has 3 rings (SSSR count). The Bertz CT molecular complexity index is 815. The third-order valence-electron chi connectivity index (χ3n) is 2.94. The van der Waals surface area contributed by atoms with E-state index in [2.05, 4.69) is 31.2 Å². The van der Waals surface area contributed by atoms with E-state index in [1.807, 2.05) is 54.6 Å². The van der Waals surface area contributed by atoms with Gasteiger partial charge in [0, 0.05) is 16.1 Å². The summed E-state index contributed by atoms with van der Waals surface area (Å²) >= 11 is 3.45. The Balaban J connectivity index is 1.99. The van der Waals surface area contributed by atoms with Crippen LogP contribution in [0.1, 0.15) is 0 Å². The fraction of sp³-hybridized carbons (Fsp3) is 0. The quantitative estimate of drug-likeness (QED) is 0.758. The lowest BCUT2D eigenvalue weighted by atomic mass is 10.1. The number of para-hydroxylation sites is 1. The standard InChI is InChI=1S/C16H12BrN3O/c17-12-8-4-5-9-13(12)18-16-19-14(10-15(21)20-16)11-6-2-1-3-7-11/h1-10H,(H2,18,19,20,21). The van der Waals surface area contributed by atoms with Crippen LogP contribution in [0.3, 0.4) is 0 Å². The first-order chi connectivity index (χ1) is 10.2. The first-order valence-corrected chi connectivity index (χ1v) is 7.20. The molecule has 0 unspecified atom stereocenters. The molecular formula is C16H12BrN3O. The Kier molecular flexibility index (Phi) is 3.83. The maximum Gasteiger partial charge on any atom is 0.252 e. The number of aromatic amines is 1. The van der Waals surface area contributed by atoms with Crippen molar-refractivity contribution in [1.29, 1.82) is 0 Å². The molecule has 4 nitrogen and oxygen atoms in total. The highest BCUT2D eigenvalue weighted by Gasteiger charge is 2.05. The Hall–Kier alpha value is -2.40. The normalized spacial score (nSPS) is 10.3. The van der Waals surface area contributed by atoms with Crippen molar-refractivity contribution in [2.75, 3.05) is 5.32 Å². The van der Waals surface area contributed by atoms with E-state index < -0.39 is 0 Å². The molecule has 2 N–H and O–H groups in total. The van der Waals surface area contributed by atoms with E-state index in [-0.39, 0.29) is 5.56 Å². The van der Waals surface area contributed by atoms with Crippen molar-refractivity contribution < 1.29 is 0 Å². The summed E-state index contributed by atoms with van der Waals surface area (Å²) in [6.45, 7) is 0. The number of hydrogen-bond donors (Lipinski definition) is 2. The smallest absolute Gasteiger partial charge is 0.252 e. The molecule has 5 heteroatoms. The number of aromatic nitrogens is 2. The number of rotatable bonds is 3. The molecule has 0 aliphatic rings. The molecule has 0 saturated heterocycles. The fourth-order valence-electron chi connectivity index (χ4n) is 1.96. The highest BCUT2D eigenvalue weighted by atomic mass is 79.9. The Morgan fingerprint density at radius 2 is 1.71 bits per heavy atom. The molecule has 1 aromatic heterocycles. The van der Waals surface area contributed by atoms with E-state index in [1.165, 1.54) is 6.07 Å². The zero-order valence-electron chi connectivity index (χ0n) is 11.0. The largest absolute Gasteiger partial charge is 0.325 e. The average molecular weight is 342 g/mol. The van der Waals surface area contributed by atoms with Gasteiger partial charge in [-0.3, -0.25) is 9.78 Å². The number of halogens is 1. The third-order valence-corrected chi connectivity index (χ3v) is 3.63. The second-order valence-corrected chi connectivity index (χ2v) is 5.30. The lowest BCUT2D eigenvalue weighted by molar-refractivity contribution is 1.12. The number of benzene rings is 2. The van der Waals surface area contributed by atoms with E-state index in [4.69, 9.17) is 0 Å². The lowest BCUT2D eigenvalue weighted by Gasteiger charge is -2.08. The predicted octanol–water partition coefficient (Wildman–Crippen LogP) is 3.94. The minimum atomic E-state index is -0.196. The van der Waals surface area contributed by atoms with Crippen LogP contribution in [0, 0.1) is 0 Å². The second-order valence-electron chi connectivity index (χ2n) is 4.45. The van der Waals surface area contributed by atoms with Crippen LogP contribution < -0.4 is 10.9 Å². The van der Waals surface area contributed by atoms with Gasteiger partial charge in [0.25, 0.3) is 5.56 Å². The summed E-state index contributed by atoms with van der Waals surface area (Å²) < 4.78 is 0.901. The maximum atomic E-state index is 11.8. The van der Waals surface area contributed by atoms with Gasteiger partial charge < -0.3 is 5.32 Å². The van der Waals surface area contributed by atoms with E-state index in [1.54, 1.807) is 0 Å². The van der Waals surface area contributed by atoms with E-state index in [0.717, 1.165) is 15.7 Å². The fourth-order valence-corrected chi connectivity index (χ4v) is 2.35. The summed E-state index contributed by atoms with van der Waals surface area (Å²) in [7, 11) is 0. The predicted molar refractivity (Wildman–Crippen MR) is 87.7 cm³/mol. The van der Waals surface area contributed by atoms with Crippen molar-refractivity contribution in [3.63, 3.8) is 0 Å². The van der Waals surface area contributed by atoms with Crippen LogP contribution in [0.25, 0.3) is 11.3 Å². The number of nitrogens with zero attached hydrogens (tertiary/aromatic N) is 1. The molecule has 0 fully saturated rings. The molecule has 2 aromatic carbocycles. The van der Waals surface area contributed by atoms with Crippen LogP contribution in [0.2, 0.25) is 0 Å². The van der Waals surface area contributed by atoms with Gasteiger partial charge in [-0.1, -0.05) is 42.5 Å². The first kappa shape index (κ1) is 13.6. The van der Waals surface area contributed by atoms with Crippen molar-refractivity contribution in [3.05, 3.63) is 75.5 Å². The minimum absolute atomic E-state index is 0.196. The minimum Gasteiger partial charge on any atom is -0.325 e. The first-order valence-electron chi connectivity index (χ1n) is 6.41. The molecule has 0 aliphatic carbocycles. The molecule has 0 aliphatic heterocycles. The lowest BCUT2D eigenvalue weighted by Crippen LogP contribution is -2.10. The molecule has 0 radical (unpaired) electrons. The Morgan fingerprint density at radius 3 is 2.48 bits per heavy atom. The highest BCUT2D eigenvalue weighted by molar-refractivity contribution is 9.10. The molecule has 3 aromatic rings. The van der Waals surface area contributed by atoms with Crippen molar-refractivity contribution >= 4 is 27.6 Å². The SMILES string of the molecule is O=c1cc(-c2ccccc2)nc(Nc2ccccc2Br)[nH]1. The molecule has 0 atom stereocenters. The zero-order chi connectivity index (χ0) is 14.7. The average Bonchev–Trinajstić information content (AvgIpc) is 2.50. The summed E-state index contributed by atoms with van der Waals surface area (Å²) in [4.78, 5) is 19.0. The second kappa shape index (κ2) is 5.93. The van der Waals surface area contributed by atoms with Crippen molar-refractivity contribution in [1.82, 2.24) is 9.97 Å².